The number of esters is 1. The van der Waals surface area contributed by atoms with Gasteiger partial charge in [0, 0.05) is 13.2 Å². The second kappa shape index (κ2) is 17.6. The van der Waals surface area contributed by atoms with E-state index < -0.39 is 33.7 Å². The summed E-state index contributed by atoms with van der Waals surface area (Å²) in [6.07, 6.45) is 0.852. The van der Waals surface area contributed by atoms with Crippen molar-refractivity contribution in [3.05, 3.63) is 42.5 Å². The number of ether oxygens (including phenoxy) is 2. The predicted molar refractivity (Wildman–Crippen MR) is 110 cm³/mol. The van der Waals surface area contributed by atoms with Gasteiger partial charge >= 0.3 is 71.1 Å². The zero-order valence-corrected chi connectivity index (χ0v) is 15.6. The number of rotatable bonds is 9. The molecule has 0 radical (unpaired) electrons. The molecule has 0 aromatic heterocycles. The van der Waals surface area contributed by atoms with Crippen molar-refractivity contribution in [1.82, 2.24) is 0 Å². The Morgan fingerprint density at radius 3 is 2.11 bits per heavy atom. The van der Waals surface area contributed by atoms with Crippen molar-refractivity contribution in [3.63, 3.8) is 0 Å². The molecular weight excluding hydrogens is 410 g/mol. The van der Waals surface area contributed by atoms with Crippen LogP contribution in [-0.2, 0) is 30.9 Å². The third kappa shape index (κ3) is 13.9. The van der Waals surface area contributed by atoms with Crippen LogP contribution >= 0.6 is 0 Å². The first-order valence-corrected chi connectivity index (χ1v) is 9.33. The van der Waals surface area contributed by atoms with Crippen LogP contribution in [0.3, 0.4) is 0 Å². The van der Waals surface area contributed by atoms with Crippen LogP contribution in [-0.4, -0.2) is 108 Å². The van der Waals surface area contributed by atoms with Gasteiger partial charge in [0.1, 0.15) is 5.75 Å². The maximum absolute atomic E-state index is 11.8. The maximum atomic E-state index is 11.8. The molecule has 0 spiro atoms. The Bertz CT molecular complexity index is 705. The molecule has 0 saturated heterocycles. The van der Waals surface area contributed by atoms with E-state index in [4.69, 9.17) is 19.1 Å². The number of hydrogen-bond donors (Lipinski definition) is 2. The van der Waals surface area contributed by atoms with E-state index in [2.05, 4.69) is 6.58 Å². The monoisotopic (exact) mass is 436 g/mol. The van der Waals surface area contributed by atoms with E-state index in [0.29, 0.717) is 12.0 Å². The first-order chi connectivity index (χ1) is 12.2. The van der Waals surface area contributed by atoms with Gasteiger partial charge in [0.05, 0.1) is 6.42 Å². The van der Waals surface area contributed by atoms with Crippen LogP contribution in [0, 0.1) is 0 Å². The minimum absolute atomic E-state index is 0. The van der Waals surface area contributed by atoms with E-state index in [1.807, 2.05) is 13.8 Å². The number of carbonyl (C=O) groups excluding carboxylic acids is 1. The summed E-state index contributed by atoms with van der Waals surface area (Å²) < 4.78 is 40.8. The van der Waals surface area contributed by atoms with Crippen molar-refractivity contribution < 1.29 is 37.1 Å². The van der Waals surface area contributed by atoms with Crippen LogP contribution in [0.1, 0.15) is 25.8 Å². The molecule has 0 aliphatic rings. The van der Waals surface area contributed by atoms with Gasteiger partial charge in [-0.05, 0) is 31.9 Å². The van der Waals surface area contributed by atoms with E-state index in [1.54, 1.807) is 24.3 Å². The number of carbonyl (C=O) groups is 2. The zero-order valence-electron chi connectivity index (χ0n) is 14.8. The van der Waals surface area contributed by atoms with Gasteiger partial charge in [0.2, 0.25) is 0 Å². The molecule has 1 aromatic rings. The molecule has 0 heterocycles. The molecule has 0 aliphatic carbocycles. The topological polar surface area (TPSA) is 127 Å². The van der Waals surface area contributed by atoms with E-state index in [0.717, 1.165) is 13.2 Å². The molecule has 1 aromatic carbocycles. The first-order valence-electron chi connectivity index (χ1n) is 7.83. The van der Waals surface area contributed by atoms with E-state index >= 15 is 0 Å². The minimum atomic E-state index is -4.88. The number of carboxylic acid groups (broad SMARTS) is 1. The summed E-state index contributed by atoms with van der Waals surface area (Å²) in [6.45, 7) is 9.20. The van der Waals surface area contributed by atoms with Gasteiger partial charge in [-0.15, -0.1) is 6.58 Å². The summed E-state index contributed by atoms with van der Waals surface area (Å²) in [5.41, 5.74) is 0.574. The molecule has 28 heavy (non-hydrogen) atoms. The van der Waals surface area contributed by atoms with Crippen molar-refractivity contribution in [2.24, 2.45) is 0 Å². The molecule has 0 amide bonds. The molecule has 11 heteroatoms. The predicted octanol–water partition coefficient (Wildman–Crippen LogP) is 0.797. The van der Waals surface area contributed by atoms with Crippen molar-refractivity contribution in [2.75, 3.05) is 13.2 Å². The summed E-state index contributed by atoms with van der Waals surface area (Å²) in [4.78, 5) is 22.4. The Morgan fingerprint density at radius 1 is 1.18 bits per heavy atom. The van der Waals surface area contributed by atoms with Gasteiger partial charge in [-0.1, -0.05) is 24.3 Å². The molecule has 1 rings (SSSR count). The molecule has 1 unspecified atom stereocenters. The van der Waals surface area contributed by atoms with E-state index in [9.17, 15) is 18.0 Å². The van der Waals surface area contributed by atoms with Gasteiger partial charge in [0.25, 0.3) is 10.1 Å². The SMILES string of the molecule is C=CCc1ccccc1OC(=O)C(CC(=O)O)S(=O)(=O)O.CCOCC.[NaH].[NaH]. The number of allylic oxidation sites excluding steroid dienone is 1. The molecule has 0 fully saturated rings. The van der Waals surface area contributed by atoms with E-state index in [-0.39, 0.29) is 64.9 Å². The van der Waals surface area contributed by atoms with Crippen LogP contribution in [0.25, 0.3) is 0 Å². The molecule has 0 aliphatic heterocycles. The Labute approximate surface area is 210 Å². The summed E-state index contributed by atoms with van der Waals surface area (Å²) in [5, 5.41) is 6.43. The fraction of sp³-hybridized carbons (Fsp3) is 0.412. The van der Waals surface area contributed by atoms with Gasteiger partial charge in [-0.25, -0.2) is 0 Å². The number of hydrogen-bond acceptors (Lipinski definition) is 6. The van der Waals surface area contributed by atoms with Crippen molar-refractivity contribution in [3.8, 4) is 5.75 Å². The number of aliphatic carboxylic acids is 1. The third-order valence-electron chi connectivity index (χ3n) is 2.94. The molecule has 8 nitrogen and oxygen atoms in total. The molecule has 0 saturated carbocycles. The van der Waals surface area contributed by atoms with Crippen molar-refractivity contribution in [1.29, 1.82) is 0 Å². The summed E-state index contributed by atoms with van der Waals surface area (Å²) in [5.74, 6) is -2.81. The van der Waals surface area contributed by atoms with Crippen LogP contribution in [0.5, 0.6) is 5.75 Å². The van der Waals surface area contributed by atoms with Crippen LogP contribution in [0.2, 0.25) is 0 Å². The zero-order chi connectivity index (χ0) is 20.2. The Kier molecular flexibility index (Phi) is 20.4. The average molecular weight is 436 g/mol. The quantitative estimate of drug-likeness (QED) is 0.191. The normalized spacial score (nSPS) is 10.8. The Morgan fingerprint density at radius 2 is 1.71 bits per heavy atom. The summed E-state index contributed by atoms with van der Waals surface area (Å²) in [7, 11) is -4.88. The molecule has 1 atom stereocenters. The van der Waals surface area contributed by atoms with Gasteiger partial charge in [0.15, 0.2) is 5.25 Å². The first kappa shape index (κ1) is 32.4. The Hall–Kier alpha value is -0.230. The van der Waals surface area contributed by atoms with Crippen molar-refractivity contribution in [2.45, 2.75) is 31.9 Å². The van der Waals surface area contributed by atoms with Crippen molar-refractivity contribution >= 4 is 81.2 Å². The number of carboxylic acids is 1. The molecular formula is C17H26Na2O8S. The second-order valence-electron chi connectivity index (χ2n) is 4.90. The van der Waals surface area contributed by atoms with Gasteiger partial charge < -0.3 is 14.6 Å². The van der Waals surface area contributed by atoms with E-state index in [1.165, 1.54) is 6.07 Å². The fourth-order valence-electron chi connectivity index (χ4n) is 1.77. The number of benzene rings is 1. The van der Waals surface area contributed by atoms with Crippen LogP contribution in [0.15, 0.2) is 36.9 Å². The third-order valence-corrected chi connectivity index (χ3v) is 4.02. The molecule has 0 bridgehead atoms. The Balaban J connectivity index is -0.000000793. The van der Waals surface area contributed by atoms with Crippen LogP contribution < -0.4 is 4.74 Å². The standard InChI is InChI=1S/C13H14O7S.C4H10O.2Na.2H/c1-2-5-9-6-3-4-7-10(9)20-13(16)11(8-12(14)15)21(17,18)19;1-3-5-4-2;;;;/h2-4,6-7,11H,1,5,8H2,(H,14,15)(H,17,18,19);3-4H2,1-2H3;;;;. The molecule has 150 valence electrons. The van der Waals surface area contributed by atoms with Gasteiger partial charge in [-0.3, -0.25) is 14.1 Å². The summed E-state index contributed by atoms with van der Waals surface area (Å²) >= 11 is 0. The fourth-order valence-corrected chi connectivity index (χ4v) is 2.42. The number of para-hydroxylation sites is 1. The van der Waals surface area contributed by atoms with Gasteiger partial charge in [-0.2, -0.15) is 8.42 Å². The summed E-state index contributed by atoms with van der Waals surface area (Å²) in [6, 6.07) is 6.32. The second-order valence-corrected chi connectivity index (χ2v) is 6.50. The van der Waals surface area contributed by atoms with Crippen LogP contribution in [0.4, 0.5) is 0 Å². The molecule has 2 N–H and O–H groups in total. The average Bonchev–Trinajstić information content (AvgIpc) is 2.55.